The second kappa shape index (κ2) is 10.8. The second-order valence-electron chi connectivity index (χ2n) is 9.93. The predicted octanol–water partition coefficient (Wildman–Crippen LogP) is 5.76. The van der Waals surface area contributed by atoms with Crippen LogP contribution in [-0.4, -0.2) is 32.0 Å². The van der Waals surface area contributed by atoms with Crippen LogP contribution in [0.25, 0.3) is 0 Å². The molecule has 0 bridgehead atoms. The number of nitrogens with zero attached hydrogens (tertiary/aromatic N) is 3. The maximum absolute atomic E-state index is 13.0. The van der Waals surface area contributed by atoms with Crippen LogP contribution in [0, 0.1) is 27.7 Å². The van der Waals surface area contributed by atoms with E-state index in [4.69, 9.17) is 16.6 Å². The molecule has 0 aliphatic carbocycles. The van der Waals surface area contributed by atoms with Crippen molar-refractivity contribution in [2.24, 2.45) is 0 Å². The Hall–Kier alpha value is -3.91. The van der Waals surface area contributed by atoms with Crippen molar-refractivity contribution in [2.75, 3.05) is 11.9 Å². The van der Waals surface area contributed by atoms with Crippen LogP contribution in [0.15, 0.2) is 71.5 Å². The standard InChI is InChI=1S/C30H33N5O2S/c1-19-10-11-20(2)26(16-19)32-27(36)12-14-34-29(28(33-30(34)38)25-9-5-6-13-31-25)24-17-21(3)35(22(24)4)18-23-8-7-15-37-23/h5-11,13,15-17,28-29H,12,14,18H2,1-4H3,(H,32,36)(H,33,38)/t28-,29+/m1/s1. The zero-order chi connectivity index (χ0) is 26.8. The summed E-state index contributed by atoms with van der Waals surface area (Å²) in [5.41, 5.74) is 7.35. The summed E-state index contributed by atoms with van der Waals surface area (Å²) in [5, 5.41) is 7.20. The van der Waals surface area contributed by atoms with E-state index < -0.39 is 0 Å². The lowest BCUT2D eigenvalue weighted by Gasteiger charge is -2.28. The van der Waals surface area contributed by atoms with Gasteiger partial charge in [-0.3, -0.25) is 9.78 Å². The van der Waals surface area contributed by atoms with Crippen molar-refractivity contribution in [3.05, 3.63) is 107 Å². The molecule has 0 unspecified atom stereocenters. The smallest absolute Gasteiger partial charge is 0.226 e. The molecule has 0 radical (unpaired) electrons. The number of hydrogen-bond donors (Lipinski definition) is 2. The van der Waals surface area contributed by atoms with Gasteiger partial charge in [0, 0.05) is 36.2 Å². The van der Waals surface area contributed by atoms with Gasteiger partial charge in [-0.25, -0.2) is 0 Å². The molecule has 1 aliphatic heterocycles. The van der Waals surface area contributed by atoms with Gasteiger partial charge in [-0.05, 0) is 93.0 Å². The van der Waals surface area contributed by atoms with Crippen molar-refractivity contribution in [2.45, 2.75) is 52.7 Å². The SMILES string of the molecule is Cc1ccc(C)c(NC(=O)CCN2C(=S)N[C@H](c3ccccn3)[C@@H]2c2cc(C)n(Cc3ccco3)c2C)c1. The largest absolute Gasteiger partial charge is 0.467 e. The number of benzene rings is 1. The quantitative estimate of drug-likeness (QED) is 0.284. The fourth-order valence-electron chi connectivity index (χ4n) is 5.22. The summed E-state index contributed by atoms with van der Waals surface area (Å²) in [7, 11) is 0. The average molecular weight is 528 g/mol. The third-order valence-electron chi connectivity index (χ3n) is 7.27. The summed E-state index contributed by atoms with van der Waals surface area (Å²) >= 11 is 5.82. The third-order valence-corrected chi connectivity index (χ3v) is 7.62. The Morgan fingerprint density at radius 2 is 1.95 bits per heavy atom. The molecule has 4 heterocycles. The topological polar surface area (TPSA) is 75.3 Å². The molecule has 1 saturated heterocycles. The molecule has 7 nitrogen and oxygen atoms in total. The molecule has 5 rings (SSSR count). The molecule has 1 fully saturated rings. The van der Waals surface area contributed by atoms with Crippen molar-refractivity contribution in [3.63, 3.8) is 0 Å². The summed E-state index contributed by atoms with van der Waals surface area (Å²) in [5.74, 6) is 0.865. The second-order valence-corrected chi connectivity index (χ2v) is 10.3. The third kappa shape index (κ3) is 5.22. The minimum absolute atomic E-state index is 0.0372. The molecule has 4 aromatic rings. The van der Waals surface area contributed by atoms with Gasteiger partial charge in [0.2, 0.25) is 5.91 Å². The molecule has 38 heavy (non-hydrogen) atoms. The number of pyridine rings is 1. The Balaban J connectivity index is 1.43. The number of anilines is 1. The summed E-state index contributed by atoms with van der Waals surface area (Å²) in [6, 6.07) is 17.9. The fraction of sp³-hybridized carbons (Fsp3) is 0.300. The van der Waals surface area contributed by atoms with Gasteiger partial charge >= 0.3 is 0 Å². The van der Waals surface area contributed by atoms with Gasteiger partial charge in [-0.2, -0.15) is 0 Å². The van der Waals surface area contributed by atoms with E-state index in [0.29, 0.717) is 24.6 Å². The number of nitrogens with one attached hydrogen (secondary N) is 2. The van der Waals surface area contributed by atoms with Crippen molar-refractivity contribution >= 4 is 28.9 Å². The normalized spacial score (nSPS) is 17.1. The van der Waals surface area contributed by atoms with Gasteiger partial charge in [0.05, 0.1) is 30.6 Å². The summed E-state index contributed by atoms with van der Waals surface area (Å²) in [6.45, 7) is 9.40. The van der Waals surface area contributed by atoms with Crippen LogP contribution < -0.4 is 10.6 Å². The van der Waals surface area contributed by atoms with E-state index in [-0.39, 0.29) is 18.0 Å². The van der Waals surface area contributed by atoms with Crippen LogP contribution in [0.3, 0.4) is 0 Å². The molecule has 1 aliphatic rings. The number of carbonyl (C=O) groups excluding carboxylic acids is 1. The number of aryl methyl sites for hydroxylation is 3. The lowest BCUT2D eigenvalue weighted by atomic mass is 9.96. The van der Waals surface area contributed by atoms with E-state index in [1.165, 1.54) is 0 Å². The monoisotopic (exact) mass is 527 g/mol. The molecule has 1 amide bonds. The van der Waals surface area contributed by atoms with Crippen molar-refractivity contribution in [3.8, 4) is 0 Å². The van der Waals surface area contributed by atoms with E-state index >= 15 is 0 Å². The summed E-state index contributed by atoms with van der Waals surface area (Å²) in [6.07, 6.45) is 3.81. The van der Waals surface area contributed by atoms with Crippen LogP contribution in [0.1, 0.15) is 58.0 Å². The molecule has 1 aromatic carbocycles. The summed E-state index contributed by atoms with van der Waals surface area (Å²) < 4.78 is 7.88. The molecule has 8 heteroatoms. The van der Waals surface area contributed by atoms with Gasteiger partial charge in [-0.1, -0.05) is 18.2 Å². The first-order chi connectivity index (χ1) is 18.3. The number of hydrogen-bond acceptors (Lipinski definition) is 4. The molecule has 2 N–H and O–H groups in total. The Morgan fingerprint density at radius 3 is 2.68 bits per heavy atom. The zero-order valence-electron chi connectivity index (χ0n) is 22.2. The summed E-state index contributed by atoms with van der Waals surface area (Å²) in [4.78, 5) is 19.8. The highest BCUT2D eigenvalue weighted by molar-refractivity contribution is 7.80. The number of aromatic nitrogens is 2. The molecular formula is C30H33N5O2S. The number of carbonyl (C=O) groups is 1. The van der Waals surface area contributed by atoms with Crippen molar-refractivity contribution in [1.82, 2.24) is 19.8 Å². The zero-order valence-corrected chi connectivity index (χ0v) is 23.0. The Kier molecular flexibility index (Phi) is 7.33. The van der Waals surface area contributed by atoms with Gasteiger partial charge in [0.15, 0.2) is 5.11 Å². The van der Waals surface area contributed by atoms with Gasteiger partial charge in [0.1, 0.15) is 5.76 Å². The first-order valence-corrected chi connectivity index (χ1v) is 13.3. The lowest BCUT2D eigenvalue weighted by Crippen LogP contribution is -2.33. The van der Waals surface area contributed by atoms with E-state index in [9.17, 15) is 4.79 Å². The fourth-order valence-corrected chi connectivity index (χ4v) is 5.55. The molecule has 0 spiro atoms. The molecular weight excluding hydrogens is 494 g/mol. The van der Waals surface area contributed by atoms with Crippen LogP contribution in [0.5, 0.6) is 0 Å². The van der Waals surface area contributed by atoms with Crippen molar-refractivity contribution < 1.29 is 9.21 Å². The Bertz CT molecular complexity index is 1450. The van der Waals surface area contributed by atoms with Gasteiger partial charge in [0.25, 0.3) is 0 Å². The molecule has 0 saturated carbocycles. The Labute approximate surface area is 228 Å². The lowest BCUT2D eigenvalue weighted by molar-refractivity contribution is -0.116. The first-order valence-electron chi connectivity index (χ1n) is 12.9. The van der Waals surface area contributed by atoms with Crippen LogP contribution >= 0.6 is 12.2 Å². The van der Waals surface area contributed by atoms with E-state index in [0.717, 1.165) is 45.2 Å². The minimum atomic E-state index is -0.136. The van der Waals surface area contributed by atoms with Crippen LogP contribution in [0.4, 0.5) is 5.69 Å². The highest BCUT2D eigenvalue weighted by atomic mass is 32.1. The Morgan fingerprint density at radius 1 is 1.11 bits per heavy atom. The van der Waals surface area contributed by atoms with Crippen molar-refractivity contribution in [1.29, 1.82) is 0 Å². The maximum Gasteiger partial charge on any atom is 0.226 e. The maximum atomic E-state index is 13.0. The minimum Gasteiger partial charge on any atom is -0.467 e. The first kappa shape index (κ1) is 25.7. The van der Waals surface area contributed by atoms with Crippen LogP contribution in [-0.2, 0) is 11.3 Å². The number of thiocarbonyl (C=S) groups is 1. The highest BCUT2D eigenvalue weighted by Crippen LogP contribution is 2.41. The number of rotatable bonds is 8. The van der Waals surface area contributed by atoms with E-state index in [1.54, 1.807) is 12.5 Å². The van der Waals surface area contributed by atoms with Gasteiger partial charge < -0.3 is 24.5 Å². The highest BCUT2D eigenvalue weighted by Gasteiger charge is 2.41. The number of furan rings is 1. The van der Waals surface area contributed by atoms with E-state index in [1.807, 2.05) is 62.4 Å². The predicted molar refractivity (Wildman–Crippen MR) is 153 cm³/mol. The molecule has 3 aromatic heterocycles. The molecule has 196 valence electrons. The average Bonchev–Trinajstić information content (AvgIpc) is 3.60. The van der Waals surface area contributed by atoms with Gasteiger partial charge in [-0.15, -0.1) is 0 Å². The number of amides is 1. The molecule has 2 atom stereocenters. The van der Waals surface area contributed by atoms with Crippen LogP contribution in [0.2, 0.25) is 0 Å². The van der Waals surface area contributed by atoms with E-state index in [2.05, 4.69) is 45.0 Å².